The van der Waals surface area contributed by atoms with E-state index in [-0.39, 0.29) is 29.4 Å². The first kappa shape index (κ1) is 13.8. The summed E-state index contributed by atoms with van der Waals surface area (Å²) < 4.78 is 23.0. The lowest BCUT2D eigenvalue weighted by Gasteiger charge is -2.30. The van der Waals surface area contributed by atoms with Crippen LogP contribution in [0.15, 0.2) is 0 Å². The van der Waals surface area contributed by atoms with Gasteiger partial charge in [-0.25, -0.2) is 8.42 Å². The third-order valence-electron chi connectivity index (χ3n) is 3.80. The van der Waals surface area contributed by atoms with Gasteiger partial charge in [-0.1, -0.05) is 0 Å². The highest BCUT2D eigenvalue weighted by Gasteiger charge is 2.30. The largest absolute Gasteiger partial charge is 0.352 e. The number of sulfone groups is 1. The van der Waals surface area contributed by atoms with Crippen molar-refractivity contribution in [1.29, 1.82) is 0 Å². The first-order valence-corrected chi connectivity index (χ1v) is 8.52. The Balaban J connectivity index is 1.87. The molecule has 104 valence electrons. The molecule has 2 saturated heterocycles. The van der Waals surface area contributed by atoms with Crippen LogP contribution in [0, 0.1) is 5.92 Å². The maximum absolute atomic E-state index is 12.1. The second kappa shape index (κ2) is 5.57. The normalized spacial score (nSPS) is 35.9. The van der Waals surface area contributed by atoms with Gasteiger partial charge in [-0.05, 0) is 39.2 Å². The van der Waals surface area contributed by atoms with Crippen molar-refractivity contribution in [3.8, 4) is 0 Å². The molecule has 0 bridgehead atoms. The molecule has 0 saturated carbocycles. The van der Waals surface area contributed by atoms with E-state index in [1.165, 1.54) is 0 Å². The third kappa shape index (κ3) is 3.68. The summed E-state index contributed by atoms with van der Waals surface area (Å²) in [6.45, 7) is 2.94. The van der Waals surface area contributed by atoms with Crippen molar-refractivity contribution in [3.05, 3.63) is 0 Å². The highest BCUT2D eigenvalue weighted by atomic mass is 32.2. The number of amides is 1. The van der Waals surface area contributed by atoms with E-state index in [1.54, 1.807) is 0 Å². The quantitative estimate of drug-likeness (QED) is 0.747. The summed E-state index contributed by atoms with van der Waals surface area (Å²) >= 11 is 0. The van der Waals surface area contributed by atoms with Crippen molar-refractivity contribution >= 4 is 15.7 Å². The predicted octanol–water partition coefficient (Wildman–Crippen LogP) is 0.0679. The second-order valence-corrected chi connectivity index (χ2v) is 7.77. The molecular weight excluding hydrogens is 252 g/mol. The van der Waals surface area contributed by atoms with Gasteiger partial charge in [0.2, 0.25) is 5.91 Å². The highest BCUT2D eigenvalue weighted by Crippen LogP contribution is 2.18. The molecule has 0 aromatic heterocycles. The summed E-state index contributed by atoms with van der Waals surface area (Å²) in [4.78, 5) is 12.1. The SMILES string of the molecule is CC1CC(C(=O)NC2CCCS(=O)(=O)C2)CCN1. The fraction of sp³-hybridized carbons (Fsp3) is 0.917. The molecule has 2 aliphatic heterocycles. The zero-order valence-corrected chi connectivity index (χ0v) is 11.6. The van der Waals surface area contributed by atoms with Crippen molar-refractivity contribution < 1.29 is 13.2 Å². The van der Waals surface area contributed by atoms with Crippen molar-refractivity contribution in [3.63, 3.8) is 0 Å². The molecule has 18 heavy (non-hydrogen) atoms. The summed E-state index contributed by atoms with van der Waals surface area (Å²) in [5, 5.41) is 6.23. The smallest absolute Gasteiger partial charge is 0.223 e. The zero-order valence-electron chi connectivity index (χ0n) is 10.8. The molecule has 2 rings (SSSR count). The summed E-state index contributed by atoms with van der Waals surface area (Å²) in [7, 11) is -2.95. The molecule has 3 unspecified atom stereocenters. The minimum absolute atomic E-state index is 0.0328. The molecule has 6 heteroatoms. The third-order valence-corrected chi connectivity index (χ3v) is 5.62. The fourth-order valence-electron chi connectivity index (χ4n) is 2.83. The molecule has 3 atom stereocenters. The summed E-state index contributed by atoms with van der Waals surface area (Å²) in [6.07, 6.45) is 3.13. The lowest BCUT2D eigenvalue weighted by molar-refractivity contribution is -0.126. The Morgan fingerprint density at radius 1 is 1.33 bits per heavy atom. The minimum atomic E-state index is -2.95. The number of carbonyl (C=O) groups is 1. The van der Waals surface area contributed by atoms with E-state index in [1.807, 2.05) is 0 Å². The van der Waals surface area contributed by atoms with E-state index in [0.717, 1.165) is 25.8 Å². The van der Waals surface area contributed by atoms with Crippen LogP contribution in [0.5, 0.6) is 0 Å². The lowest BCUT2D eigenvalue weighted by atomic mass is 9.92. The molecule has 0 aromatic carbocycles. The van der Waals surface area contributed by atoms with Gasteiger partial charge in [-0.3, -0.25) is 4.79 Å². The number of carbonyl (C=O) groups excluding carboxylic acids is 1. The molecule has 0 aromatic rings. The number of nitrogens with one attached hydrogen (secondary N) is 2. The van der Waals surface area contributed by atoms with Gasteiger partial charge in [0.25, 0.3) is 0 Å². The van der Waals surface area contributed by atoms with Gasteiger partial charge in [-0.2, -0.15) is 0 Å². The van der Waals surface area contributed by atoms with Gasteiger partial charge in [0.05, 0.1) is 11.5 Å². The molecule has 2 aliphatic rings. The standard InChI is InChI=1S/C12H22N2O3S/c1-9-7-10(4-5-13-9)12(15)14-11-3-2-6-18(16,17)8-11/h9-11,13H,2-8H2,1H3,(H,14,15). The van der Waals surface area contributed by atoms with Gasteiger partial charge in [0.15, 0.2) is 9.84 Å². The Labute approximate surface area is 109 Å². The summed E-state index contributed by atoms with van der Waals surface area (Å²) in [5.41, 5.74) is 0. The Kier molecular flexibility index (Phi) is 4.27. The zero-order chi connectivity index (χ0) is 13.2. The molecule has 2 heterocycles. The predicted molar refractivity (Wildman–Crippen MR) is 70.0 cm³/mol. The fourth-order valence-corrected chi connectivity index (χ4v) is 4.46. The molecule has 0 radical (unpaired) electrons. The molecular formula is C12H22N2O3S. The average molecular weight is 274 g/mol. The molecule has 5 nitrogen and oxygen atoms in total. The Morgan fingerprint density at radius 2 is 2.11 bits per heavy atom. The van der Waals surface area contributed by atoms with Crippen LogP contribution in [-0.4, -0.2) is 44.5 Å². The Hall–Kier alpha value is -0.620. The van der Waals surface area contributed by atoms with E-state index in [4.69, 9.17) is 0 Å². The number of hydrogen-bond donors (Lipinski definition) is 2. The molecule has 2 fully saturated rings. The van der Waals surface area contributed by atoms with Crippen LogP contribution in [0.25, 0.3) is 0 Å². The van der Waals surface area contributed by atoms with Gasteiger partial charge in [-0.15, -0.1) is 0 Å². The van der Waals surface area contributed by atoms with E-state index >= 15 is 0 Å². The maximum Gasteiger partial charge on any atom is 0.223 e. The van der Waals surface area contributed by atoms with Crippen molar-refractivity contribution in [2.45, 2.75) is 44.7 Å². The number of hydrogen-bond acceptors (Lipinski definition) is 4. The van der Waals surface area contributed by atoms with Crippen LogP contribution in [0.2, 0.25) is 0 Å². The van der Waals surface area contributed by atoms with Gasteiger partial charge in [0, 0.05) is 18.0 Å². The average Bonchev–Trinajstić information content (AvgIpc) is 2.27. The van der Waals surface area contributed by atoms with Crippen LogP contribution < -0.4 is 10.6 Å². The van der Waals surface area contributed by atoms with Crippen molar-refractivity contribution in [1.82, 2.24) is 10.6 Å². The van der Waals surface area contributed by atoms with Crippen LogP contribution in [0.1, 0.15) is 32.6 Å². The highest BCUT2D eigenvalue weighted by molar-refractivity contribution is 7.91. The van der Waals surface area contributed by atoms with Gasteiger partial charge >= 0.3 is 0 Å². The number of rotatable bonds is 2. The molecule has 2 N–H and O–H groups in total. The summed E-state index contributed by atoms with van der Waals surface area (Å²) in [5.74, 6) is 0.444. The first-order chi connectivity index (χ1) is 8.46. The summed E-state index contributed by atoms with van der Waals surface area (Å²) in [6, 6.07) is 0.186. The van der Waals surface area contributed by atoms with E-state index < -0.39 is 9.84 Å². The van der Waals surface area contributed by atoms with E-state index in [2.05, 4.69) is 17.6 Å². The topological polar surface area (TPSA) is 75.3 Å². The van der Waals surface area contributed by atoms with E-state index in [9.17, 15) is 13.2 Å². The maximum atomic E-state index is 12.1. The van der Waals surface area contributed by atoms with Crippen LogP contribution in [0.3, 0.4) is 0 Å². The van der Waals surface area contributed by atoms with Gasteiger partial charge < -0.3 is 10.6 Å². The van der Waals surface area contributed by atoms with Gasteiger partial charge in [0.1, 0.15) is 0 Å². The lowest BCUT2D eigenvalue weighted by Crippen LogP contribution is -2.48. The van der Waals surface area contributed by atoms with Crippen molar-refractivity contribution in [2.24, 2.45) is 5.92 Å². The van der Waals surface area contributed by atoms with E-state index in [0.29, 0.717) is 12.5 Å². The van der Waals surface area contributed by atoms with Crippen LogP contribution >= 0.6 is 0 Å². The minimum Gasteiger partial charge on any atom is -0.352 e. The molecule has 0 spiro atoms. The Morgan fingerprint density at radius 3 is 2.78 bits per heavy atom. The number of piperidine rings is 1. The molecule has 1 amide bonds. The van der Waals surface area contributed by atoms with Crippen molar-refractivity contribution in [2.75, 3.05) is 18.1 Å². The first-order valence-electron chi connectivity index (χ1n) is 6.70. The van der Waals surface area contributed by atoms with Crippen LogP contribution in [0.4, 0.5) is 0 Å². The monoisotopic (exact) mass is 274 g/mol. The Bertz CT molecular complexity index is 408. The van der Waals surface area contributed by atoms with Crippen LogP contribution in [-0.2, 0) is 14.6 Å². The molecule has 0 aliphatic carbocycles. The second-order valence-electron chi connectivity index (χ2n) is 5.54.